The van der Waals surface area contributed by atoms with Crippen molar-refractivity contribution in [3.63, 3.8) is 0 Å². The minimum atomic E-state index is -3.24. The number of Topliss-reactive ketones (excluding diaryl/α,β-unsaturated/α-hetero) is 1. The van der Waals surface area contributed by atoms with Gasteiger partial charge in [0.05, 0.1) is 0 Å². The van der Waals surface area contributed by atoms with E-state index in [4.69, 9.17) is 19.4 Å². The SMILES string of the molecule is CCC(=O)C(=NO[Si](c1ccccc1)(c1ccccc1)c1ccccc1)C(C)=NO[Si](c1ccccc1)(c1ccccc1)c1ccccc1. The lowest BCUT2D eigenvalue weighted by molar-refractivity contribution is -0.112. The third kappa shape index (κ3) is 6.85. The Morgan fingerprint density at radius 2 is 0.694 bits per heavy atom. The number of rotatable bonds is 13. The van der Waals surface area contributed by atoms with E-state index in [9.17, 15) is 4.79 Å². The van der Waals surface area contributed by atoms with Crippen LogP contribution in [0.2, 0.25) is 0 Å². The van der Waals surface area contributed by atoms with E-state index in [1.54, 1.807) is 6.92 Å². The third-order valence-electron chi connectivity index (χ3n) is 8.60. The average molecular weight is 675 g/mol. The predicted octanol–water partition coefficient (Wildman–Crippen LogP) is 5.06. The highest BCUT2D eigenvalue weighted by Crippen LogP contribution is 2.14. The van der Waals surface area contributed by atoms with E-state index in [1.165, 1.54) is 0 Å². The summed E-state index contributed by atoms with van der Waals surface area (Å²) in [5, 5.41) is 15.6. The third-order valence-corrected chi connectivity index (χ3v) is 16.2. The lowest BCUT2D eigenvalue weighted by Gasteiger charge is -2.31. The van der Waals surface area contributed by atoms with Gasteiger partial charge in [-0.15, -0.1) is 5.16 Å². The second-order valence-electron chi connectivity index (χ2n) is 11.6. The molecule has 0 unspecified atom stereocenters. The lowest BCUT2D eigenvalue weighted by atomic mass is 10.1. The second-order valence-corrected chi connectivity index (χ2v) is 18.2. The number of nitrogens with zero attached hydrogens (tertiary/aromatic N) is 2. The maximum Gasteiger partial charge on any atom is 0.380 e. The van der Waals surface area contributed by atoms with Crippen molar-refractivity contribution >= 4 is 65.0 Å². The van der Waals surface area contributed by atoms with Crippen LogP contribution in [0, 0.1) is 0 Å². The van der Waals surface area contributed by atoms with Crippen LogP contribution in [0.4, 0.5) is 0 Å². The van der Waals surface area contributed by atoms with Crippen molar-refractivity contribution in [3.8, 4) is 0 Å². The smallest absolute Gasteiger partial charge is 0.380 e. The van der Waals surface area contributed by atoms with Crippen LogP contribution >= 0.6 is 0 Å². The molecule has 6 aromatic carbocycles. The van der Waals surface area contributed by atoms with Crippen molar-refractivity contribution in [2.24, 2.45) is 10.3 Å². The first kappa shape index (κ1) is 33.3. The van der Waals surface area contributed by atoms with Gasteiger partial charge in [0.1, 0.15) is 5.71 Å². The van der Waals surface area contributed by atoms with Crippen LogP contribution in [0.3, 0.4) is 0 Å². The molecule has 0 bridgehead atoms. The number of ketones is 1. The van der Waals surface area contributed by atoms with Gasteiger partial charge in [-0.1, -0.05) is 194 Å². The van der Waals surface area contributed by atoms with Crippen molar-refractivity contribution in [2.45, 2.75) is 20.3 Å². The van der Waals surface area contributed by atoms with Gasteiger partial charge in [0.15, 0.2) is 11.5 Å². The molecule has 0 aliphatic heterocycles. The first-order valence-electron chi connectivity index (χ1n) is 16.4. The molecule has 6 aromatic rings. The van der Waals surface area contributed by atoms with Gasteiger partial charge in [0.2, 0.25) is 0 Å². The number of benzene rings is 6. The fourth-order valence-corrected chi connectivity index (χ4v) is 13.2. The Labute approximate surface area is 290 Å². The van der Waals surface area contributed by atoms with Gasteiger partial charge >= 0.3 is 16.6 Å². The van der Waals surface area contributed by atoms with Crippen LogP contribution in [0.15, 0.2) is 192 Å². The molecule has 0 spiro atoms. The summed E-state index contributed by atoms with van der Waals surface area (Å²) in [5.74, 6) is -0.187. The highest BCUT2D eigenvalue weighted by atomic mass is 28.4. The zero-order valence-corrected chi connectivity index (χ0v) is 29.6. The van der Waals surface area contributed by atoms with Crippen molar-refractivity contribution in [2.75, 3.05) is 0 Å². The monoisotopic (exact) mass is 674 g/mol. The fraction of sp³-hybridized carbons (Fsp3) is 0.0714. The number of carbonyl (C=O) groups excluding carboxylic acids is 1. The largest absolute Gasteiger partial charge is 0.438 e. The number of hydrogen-bond acceptors (Lipinski definition) is 5. The molecule has 0 saturated carbocycles. The second kappa shape index (κ2) is 15.5. The maximum atomic E-state index is 13.7. The topological polar surface area (TPSA) is 60.2 Å². The highest BCUT2D eigenvalue weighted by molar-refractivity contribution is 7.07. The summed E-state index contributed by atoms with van der Waals surface area (Å²) in [7, 11) is -6.42. The minimum absolute atomic E-state index is 0.138. The molecule has 0 heterocycles. The molecule has 0 aromatic heterocycles. The number of carbonyl (C=O) groups is 1. The quantitative estimate of drug-likeness (QED) is 0.0745. The summed E-state index contributed by atoms with van der Waals surface area (Å²) in [6, 6.07) is 61.1. The van der Waals surface area contributed by atoms with Gasteiger partial charge in [0.25, 0.3) is 0 Å². The van der Waals surface area contributed by atoms with Crippen LogP contribution in [0.25, 0.3) is 0 Å². The van der Waals surface area contributed by atoms with Gasteiger partial charge in [-0.2, -0.15) is 0 Å². The van der Waals surface area contributed by atoms with Crippen LogP contribution in [-0.2, 0) is 13.8 Å². The standard InChI is InChI=1S/C42H38N2O3Si2/c1-3-41(45)42(44-47-49(38-28-16-7-17-29-38,39-30-18-8-19-31-39)40-32-20-9-21-33-40)34(2)43-46-48(35-22-10-4-11-23-35,36-24-12-5-13-25-36)37-26-14-6-15-27-37/h4-33H,3H2,1-2H3. The molecule has 6 rings (SSSR count). The molecule has 7 heteroatoms. The van der Waals surface area contributed by atoms with E-state index in [1.807, 2.05) is 116 Å². The summed E-state index contributed by atoms with van der Waals surface area (Å²) in [6.45, 7) is 3.59. The molecule has 0 radical (unpaired) electrons. The van der Waals surface area contributed by atoms with Crippen LogP contribution in [0.5, 0.6) is 0 Å². The number of oxime groups is 2. The van der Waals surface area contributed by atoms with E-state index in [0.717, 1.165) is 31.1 Å². The normalized spacial score (nSPS) is 12.3. The van der Waals surface area contributed by atoms with Gasteiger partial charge in [-0.25, -0.2) is 0 Å². The lowest BCUT2D eigenvalue weighted by Crippen LogP contribution is -2.69. The first-order chi connectivity index (χ1) is 24.1. The molecule has 0 amide bonds. The minimum Gasteiger partial charge on any atom is -0.438 e. The van der Waals surface area contributed by atoms with Gasteiger partial charge in [0, 0.05) is 6.42 Å². The molecule has 5 nitrogen and oxygen atoms in total. The van der Waals surface area contributed by atoms with Crippen molar-refractivity contribution in [1.29, 1.82) is 0 Å². The summed E-state index contributed by atoms with van der Waals surface area (Å²) >= 11 is 0. The van der Waals surface area contributed by atoms with Crippen LogP contribution in [-0.4, -0.2) is 33.8 Å². The molecule has 0 saturated heterocycles. The zero-order valence-electron chi connectivity index (χ0n) is 27.6. The molecular formula is C42H38N2O3Si2. The summed E-state index contributed by atoms with van der Waals surface area (Å²) in [4.78, 5) is 13.7. The Balaban J connectivity index is 1.51. The Morgan fingerprint density at radius 1 is 0.449 bits per heavy atom. The molecule has 0 N–H and O–H groups in total. The first-order valence-corrected chi connectivity index (χ1v) is 20.3. The number of hydrogen-bond donors (Lipinski definition) is 0. The average Bonchev–Trinajstić information content (AvgIpc) is 3.19. The summed E-state index contributed by atoms with van der Waals surface area (Å²) in [6.07, 6.45) is 0.226. The van der Waals surface area contributed by atoms with Crippen LogP contribution < -0.4 is 31.1 Å². The molecule has 0 aliphatic carbocycles. The summed E-state index contributed by atoms with van der Waals surface area (Å²) in [5.41, 5.74) is 0.489. The van der Waals surface area contributed by atoms with Gasteiger partial charge < -0.3 is 9.05 Å². The molecule has 0 aliphatic rings. The van der Waals surface area contributed by atoms with E-state index >= 15 is 0 Å². The van der Waals surface area contributed by atoms with Gasteiger partial charge in [-0.3, -0.25) is 4.79 Å². The van der Waals surface area contributed by atoms with Crippen LogP contribution in [0.1, 0.15) is 20.3 Å². The maximum absolute atomic E-state index is 13.7. The molecule has 242 valence electrons. The van der Waals surface area contributed by atoms with Gasteiger partial charge in [-0.05, 0) is 38.0 Å². The zero-order chi connectivity index (χ0) is 33.9. The molecule has 0 atom stereocenters. The molecule has 49 heavy (non-hydrogen) atoms. The van der Waals surface area contributed by atoms with Crippen molar-refractivity contribution < 1.29 is 13.8 Å². The Morgan fingerprint density at radius 3 is 0.939 bits per heavy atom. The predicted molar refractivity (Wildman–Crippen MR) is 206 cm³/mol. The Hall–Kier alpha value is -5.64. The van der Waals surface area contributed by atoms with E-state index in [0.29, 0.717) is 5.71 Å². The van der Waals surface area contributed by atoms with E-state index in [2.05, 4.69) is 72.8 Å². The highest BCUT2D eigenvalue weighted by Gasteiger charge is 2.46. The fourth-order valence-electron chi connectivity index (χ4n) is 6.13. The van der Waals surface area contributed by atoms with E-state index in [-0.39, 0.29) is 17.9 Å². The molecular weight excluding hydrogens is 637 g/mol. The molecule has 0 fully saturated rings. The Kier molecular flexibility index (Phi) is 10.5. The van der Waals surface area contributed by atoms with Crippen molar-refractivity contribution in [3.05, 3.63) is 182 Å². The van der Waals surface area contributed by atoms with E-state index < -0.39 is 16.6 Å². The van der Waals surface area contributed by atoms with Crippen molar-refractivity contribution in [1.82, 2.24) is 0 Å². The Bertz CT molecular complexity index is 1810. The summed E-state index contributed by atoms with van der Waals surface area (Å²) < 4.78 is 13.7.